The number of esters is 1. The second kappa shape index (κ2) is 46.2. The smallest absolute Gasteiger partial charge is 0.456 e. The molecule has 0 bridgehead atoms. The number of hydrogen-bond acceptors (Lipinski definition) is 6. The molecule has 1 amide bonds. The highest BCUT2D eigenvalue weighted by Crippen LogP contribution is 2.43. The highest BCUT2D eigenvalue weighted by molar-refractivity contribution is 7.47. The van der Waals surface area contributed by atoms with E-state index in [1.807, 2.05) is 33.3 Å². The lowest BCUT2D eigenvalue weighted by molar-refractivity contribution is -0.870. The number of allylic oxidation sites excluding steroid dienone is 3. The van der Waals surface area contributed by atoms with E-state index in [0.29, 0.717) is 17.4 Å². The first kappa shape index (κ1) is 63.5. The number of likely N-dealkylation sites (N-methyl/N-ethyl adjacent to an activating group) is 1. The Labute approximate surface area is 403 Å². The molecule has 3 unspecified atom stereocenters. The van der Waals surface area contributed by atoms with Gasteiger partial charge in [0, 0.05) is 12.8 Å². The van der Waals surface area contributed by atoms with Gasteiger partial charge < -0.3 is 19.4 Å². The van der Waals surface area contributed by atoms with Gasteiger partial charge in [0.1, 0.15) is 19.3 Å². The van der Waals surface area contributed by atoms with E-state index in [0.717, 1.165) is 70.6 Å². The summed E-state index contributed by atoms with van der Waals surface area (Å²) in [4.78, 5) is 37.5. The van der Waals surface area contributed by atoms with Crippen LogP contribution in [0.5, 0.6) is 0 Å². The molecule has 0 spiro atoms. The Morgan fingerprint density at radius 3 is 1.32 bits per heavy atom. The minimum atomic E-state index is -4.44. The first-order chi connectivity index (χ1) is 31.4. The van der Waals surface area contributed by atoms with E-state index in [1.165, 1.54) is 161 Å². The molecular formula is C55H108N2O7P+. The molecule has 0 fully saturated rings. The van der Waals surface area contributed by atoms with E-state index in [-0.39, 0.29) is 31.5 Å². The number of rotatable bonds is 50. The van der Waals surface area contributed by atoms with Gasteiger partial charge in [-0.2, -0.15) is 0 Å². The van der Waals surface area contributed by atoms with Gasteiger partial charge in [0.2, 0.25) is 5.91 Å². The van der Waals surface area contributed by atoms with Gasteiger partial charge in [-0.15, -0.1) is 0 Å². The molecule has 0 aliphatic heterocycles. The van der Waals surface area contributed by atoms with Crippen molar-refractivity contribution in [1.29, 1.82) is 0 Å². The van der Waals surface area contributed by atoms with Crippen LogP contribution in [0.25, 0.3) is 0 Å². The molecule has 0 radical (unpaired) electrons. The number of phosphoric ester groups is 1. The summed E-state index contributed by atoms with van der Waals surface area (Å²) in [5.74, 6) is -0.514. The summed E-state index contributed by atoms with van der Waals surface area (Å²) in [6.45, 7) is 7.01. The lowest BCUT2D eigenvalue weighted by Gasteiger charge is -2.27. The number of carbonyl (C=O) groups excluding carboxylic acids is 2. The van der Waals surface area contributed by atoms with Gasteiger partial charge in [-0.3, -0.25) is 18.6 Å². The average Bonchev–Trinajstić information content (AvgIpc) is 3.26. The fraction of sp³-hybridized carbons (Fsp3) is 0.891. The Balaban J connectivity index is 5.42. The molecule has 0 saturated carbocycles. The number of ether oxygens (including phenoxy) is 1. The second-order valence-electron chi connectivity index (χ2n) is 20.1. The Morgan fingerprint density at radius 2 is 0.892 bits per heavy atom. The number of unbranched alkanes of at least 4 members (excludes halogenated alkanes) is 32. The maximum atomic E-state index is 13.4. The number of nitrogens with one attached hydrogen (secondary N) is 1. The predicted octanol–water partition coefficient (Wildman–Crippen LogP) is 16.2. The van der Waals surface area contributed by atoms with Gasteiger partial charge in [0.05, 0.1) is 33.8 Å². The zero-order chi connectivity index (χ0) is 48.0. The van der Waals surface area contributed by atoms with Gasteiger partial charge in [0.25, 0.3) is 0 Å². The van der Waals surface area contributed by atoms with Gasteiger partial charge in [-0.1, -0.05) is 219 Å². The number of quaternary nitrogens is 1. The highest BCUT2D eigenvalue weighted by atomic mass is 31.2. The van der Waals surface area contributed by atoms with Crippen LogP contribution in [-0.4, -0.2) is 74.3 Å². The van der Waals surface area contributed by atoms with Gasteiger partial charge in [0.15, 0.2) is 0 Å². The van der Waals surface area contributed by atoms with E-state index in [2.05, 4.69) is 38.2 Å². The van der Waals surface area contributed by atoms with Gasteiger partial charge >= 0.3 is 13.8 Å². The molecule has 3 atom stereocenters. The topological polar surface area (TPSA) is 111 Å². The molecule has 0 heterocycles. The summed E-state index contributed by atoms with van der Waals surface area (Å²) in [6, 6.07) is -0.846. The van der Waals surface area contributed by atoms with E-state index in [1.54, 1.807) is 0 Å². The van der Waals surface area contributed by atoms with Crippen molar-refractivity contribution < 1.29 is 37.3 Å². The first-order valence-electron chi connectivity index (χ1n) is 27.7. The normalized spacial score (nSPS) is 14.0. The molecule has 2 N–H and O–H groups in total. The van der Waals surface area contributed by atoms with Crippen molar-refractivity contribution in [3.8, 4) is 0 Å². The van der Waals surface area contributed by atoms with Crippen LogP contribution in [0.2, 0.25) is 0 Å². The van der Waals surface area contributed by atoms with Crippen LogP contribution in [0.4, 0.5) is 0 Å². The largest absolute Gasteiger partial charge is 0.472 e. The summed E-state index contributed by atoms with van der Waals surface area (Å²) in [5, 5.41) is 3.04. The fourth-order valence-corrected chi connectivity index (χ4v) is 8.79. The molecule has 0 rings (SSSR count). The molecule has 0 aromatic heterocycles. The number of phosphoric acid groups is 1. The summed E-state index contributed by atoms with van der Waals surface area (Å²) >= 11 is 0. The number of nitrogens with zero attached hydrogens (tertiary/aromatic N) is 1. The number of hydrogen-bond donors (Lipinski definition) is 2. The Morgan fingerprint density at radius 1 is 0.523 bits per heavy atom. The standard InChI is InChI=1S/C55H107N2O7P/c1-7-10-13-16-19-22-25-28-31-34-37-40-43-46-53(64-55(59)48-45-42-39-36-33-30-27-24-21-18-15-12-9-3)52(51-63-65(60,61)62-50-49-57(4,5)6)56-54(58)47-44-41-38-35-32-29-26-23-20-17-14-11-8-2/h30,33,43,46,52-53H,7-29,31-32,34-42,44-45,47-51H2,1-6H3,(H-,56,58,60,61)/p+1/b33-30-,46-43+. The third kappa shape index (κ3) is 47.4. The van der Waals surface area contributed by atoms with Crippen LogP contribution in [0.3, 0.4) is 0 Å². The number of carbonyl (C=O) groups is 2. The molecule has 9 nitrogen and oxygen atoms in total. The molecule has 384 valence electrons. The molecule has 0 aromatic rings. The summed E-state index contributed by atoms with van der Waals surface area (Å²) in [5.41, 5.74) is 0. The van der Waals surface area contributed by atoms with E-state index >= 15 is 0 Å². The fourth-order valence-electron chi connectivity index (χ4n) is 8.05. The molecule has 10 heteroatoms. The van der Waals surface area contributed by atoms with E-state index in [9.17, 15) is 19.0 Å². The molecule has 0 aromatic carbocycles. The third-order valence-electron chi connectivity index (χ3n) is 12.4. The van der Waals surface area contributed by atoms with Crippen molar-refractivity contribution in [2.75, 3.05) is 40.9 Å². The monoisotopic (exact) mass is 940 g/mol. The zero-order valence-electron chi connectivity index (χ0n) is 43.7. The number of amides is 1. The van der Waals surface area contributed by atoms with Crippen molar-refractivity contribution in [2.45, 2.75) is 277 Å². The van der Waals surface area contributed by atoms with Crippen LogP contribution in [0.15, 0.2) is 24.3 Å². The predicted molar refractivity (Wildman–Crippen MR) is 277 cm³/mol. The van der Waals surface area contributed by atoms with Crippen molar-refractivity contribution in [1.82, 2.24) is 5.32 Å². The quantitative estimate of drug-likeness (QED) is 0.0205. The maximum absolute atomic E-state index is 13.4. The molecule has 0 aliphatic carbocycles. The molecular weight excluding hydrogens is 832 g/mol. The summed E-state index contributed by atoms with van der Waals surface area (Å²) in [6.07, 6.45) is 51.6. The summed E-state index contributed by atoms with van der Waals surface area (Å²) < 4.78 is 30.5. The minimum absolute atomic E-state index is 0.0412. The van der Waals surface area contributed by atoms with Crippen molar-refractivity contribution in [3.63, 3.8) is 0 Å². The lowest BCUT2D eigenvalue weighted by Crippen LogP contribution is -2.47. The average molecular weight is 940 g/mol. The maximum Gasteiger partial charge on any atom is 0.472 e. The first-order valence-corrected chi connectivity index (χ1v) is 29.2. The molecule has 65 heavy (non-hydrogen) atoms. The van der Waals surface area contributed by atoms with Crippen LogP contribution in [0.1, 0.15) is 265 Å². The highest BCUT2D eigenvalue weighted by Gasteiger charge is 2.30. The Kier molecular flexibility index (Phi) is 45.2. The van der Waals surface area contributed by atoms with Crippen LogP contribution in [0, 0.1) is 0 Å². The van der Waals surface area contributed by atoms with Crippen LogP contribution < -0.4 is 5.32 Å². The molecule has 0 aliphatic rings. The van der Waals surface area contributed by atoms with Crippen molar-refractivity contribution >= 4 is 19.7 Å². The Bertz CT molecular complexity index is 1170. The lowest BCUT2D eigenvalue weighted by atomic mass is 10.0. The summed E-state index contributed by atoms with van der Waals surface area (Å²) in [7, 11) is 1.50. The zero-order valence-corrected chi connectivity index (χ0v) is 44.6. The van der Waals surface area contributed by atoms with Crippen LogP contribution in [-0.2, 0) is 27.9 Å². The SMILES string of the molecule is CCCCCCCC/C=C\CCCCCC(=O)OC(/C=C/CCCCCCCCCCCCC)C(COP(=O)(O)OCC[N+](C)(C)C)NC(=O)CCCCCCCCCCCCCCC. The third-order valence-corrected chi connectivity index (χ3v) is 13.4. The van der Waals surface area contributed by atoms with Crippen LogP contribution >= 0.6 is 7.82 Å². The second-order valence-corrected chi connectivity index (χ2v) is 21.6. The Hall–Kier alpha value is -1.51. The minimum Gasteiger partial charge on any atom is -0.456 e. The van der Waals surface area contributed by atoms with Crippen molar-refractivity contribution in [2.24, 2.45) is 0 Å². The van der Waals surface area contributed by atoms with E-state index in [4.69, 9.17) is 13.8 Å². The van der Waals surface area contributed by atoms with E-state index < -0.39 is 20.0 Å². The van der Waals surface area contributed by atoms with Crippen molar-refractivity contribution in [3.05, 3.63) is 24.3 Å². The van der Waals surface area contributed by atoms with Gasteiger partial charge in [-0.05, 0) is 57.4 Å². The molecule has 0 saturated heterocycles. The van der Waals surface area contributed by atoms with Gasteiger partial charge in [-0.25, -0.2) is 4.57 Å².